The van der Waals surface area contributed by atoms with E-state index in [-0.39, 0.29) is 43.9 Å². The number of para-hydroxylation sites is 1. The number of carboxylic acids is 1. The van der Waals surface area contributed by atoms with Crippen molar-refractivity contribution in [2.24, 2.45) is 0 Å². The highest BCUT2D eigenvalue weighted by molar-refractivity contribution is 5.85. The molecular formula is C28H31Cl2N3O4. The molecule has 9 heteroatoms. The number of benzene rings is 3. The lowest BCUT2D eigenvalue weighted by atomic mass is 9.98. The Hall–Kier alpha value is -3.26. The Bertz CT molecular complexity index is 1160. The van der Waals surface area contributed by atoms with Gasteiger partial charge in [-0.1, -0.05) is 66.7 Å². The van der Waals surface area contributed by atoms with Gasteiger partial charge < -0.3 is 20.1 Å². The number of carbonyl (C=O) groups is 2. The second-order valence-corrected chi connectivity index (χ2v) is 8.98. The van der Waals surface area contributed by atoms with Crippen LogP contribution in [-0.4, -0.2) is 67.4 Å². The van der Waals surface area contributed by atoms with E-state index >= 15 is 0 Å². The van der Waals surface area contributed by atoms with Crippen molar-refractivity contribution < 1.29 is 19.4 Å². The quantitative estimate of drug-likeness (QED) is 0.451. The van der Waals surface area contributed by atoms with Crippen LogP contribution >= 0.6 is 24.8 Å². The average Bonchev–Trinajstić information content (AvgIpc) is 3.21. The van der Waals surface area contributed by atoms with Gasteiger partial charge in [0, 0.05) is 44.3 Å². The zero-order chi connectivity index (χ0) is 24.2. The van der Waals surface area contributed by atoms with E-state index in [1.807, 2.05) is 42.5 Å². The molecule has 3 aromatic rings. The number of aliphatic carboxylic acids is 1. The van der Waals surface area contributed by atoms with E-state index in [0.29, 0.717) is 0 Å². The first-order valence-corrected chi connectivity index (χ1v) is 12.0. The Morgan fingerprint density at radius 3 is 1.95 bits per heavy atom. The third-order valence-corrected chi connectivity index (χ3v) is 6.87. The fourth-order valence-corrected chi connectivity index (χ4v) is 5.05. The number of carboxylic acid groups (broad SMARTS) is 1. The van der Waals surface area contributed by atoms with Crippen LogP contribution in [0.3, 0.4) is 0 Å². The Balaban J connectivity index is 0.00000190. The number of nitrogens with one attached hydrogen (secondary N) is 1. The maximum Gasteiger partial charge on any atom is 0.407 e. The number of hydrogen-bond acceptors (Lipinski definition) is 5. The van der Waals surface area contributed by atoms with Gasteiger partial charge in [-0.3, -0.25) is 4.90 Å². The number of rotatable bonds is 7. The minimum Gasteiger partial charge on any atom is -0.480 e. The Kier molecular flexibility index (Phi) is 9.80. The normalized spacial score (nSPS) is 15.4. The first kappa shape index (κ1) is 28.3. The van der Waals surface area contributed by atoms with Crippen LogP contribution in [0.5, 0.6) is 0 Å². The van der Waals surface area contributed by atoms with Crippen molar-refractivity contribution in [2.45, 2.75) is 12.0 Å². The molecule has 196 valence electrons. The van der Waals surface area contributed by atoms with E-state index in [0.717, 1.165) is 48.4 Å². The van der Waals surface area contributed by atoms with E-state index < -0.39 is 18.1 Å². The summed E-state index contributed by atoms with van der Waals surface area (Å²) in [7, 11) is 0. The van der Waals surface area contributed by atoms with Gasteiger partial charge in [-0.05, 0) is 34.4 Å². The van der Waals surface area contributed by atoms with Crippen molar-refractivity contribution in [3.63, 3.8) is 0 Å². The monoisotopic (exact) mass is 543 g/mol. The third kappa shape index (κ3) is 6.36. The standard InChI is InChI=1S/C28H29N3O4.2ClH/c32-27(33)26(18-30-14-16-31(17-15-30)20-8-2-1-3-9-20)29-28(34)35-19-25-23-12-6-4-10-21(23)22-11-5-7-13-24(22)25;;/h1-13,25-26H,14-19H2,(H,29,34)(H,32,33);2*1H/t26-;;/m1../s1. The first-order chi connectivity index (χ1) is 17.1. The van der Waals surface area contributed by atoms with Gasteiger partial charge in [0.05, 0.1) is 0 Å². The summed E-state index contributed by atoms with van der Waals surface area (Å²) >= 11 is 0. The molecule has 1 heterocycles. The second kappa shape index (κ2) is 12.8. The number of piperazine rings is 1. The zero-order valence-corrected chi connectivity index (χ0v) is 21.9. The molecule has 3 aromatic carbocycles. The first-order valence-electron chi connectivity index (χ1n) is 12.0. The van der Waals surface area contributed by atoms with E-state index in [1.54, 1.807) is 0 Å². The SMILES string of the molecule is Cl.Cl.O=C(N[C@H](CN1CCN(c2ccccc2)CC1)C(=O)O)OCC1c2ccccc2-c2ccccc21. The van der Waals surface area contributed by atoms with Crippen LogP contribution in [0.15, 0.2) is 78.9 Å². The molecule has 0 bridgehead atoms. The highest BCUT2D eigenvalue weighted by Gasteiger charge is 2.30. The molecule has 1 atom stereocenters. The molecular weight excluding hydrogens is 513 g/mol. The summed E-state index contributed by atoms with van der Waals surface area (Å²) in [5.41, 5.74) is 5.70. The van der Waals surface area contributed by atoms with Gasteiger partial charge in [-0.15, -0.1) is 24.8 Å². The summed E-state index contributed by atoms with van der Waals surface area (Å²) in [6.07, 6.45) is -0.706. The van der Waals surface area contributed by atoms with Crippen LogP contribution in [0.25, 0.3) is 11.1 Å². The summed E-state index contributed by atoms with van der Waals surface area (Å²) in [4.78, 5) is 28.8. The number of halogens is 2. The molecule has 0 spiro atoms. The van der Waals surface area contributed by atoms with Crippen LogP contribution in [0.4, 0.5) is 10.5 Å². The number of anilines is 1. The number of fused-ring (bicyclic) bond motifs is 3. The molecule has 2 aliphatic rings. The molecule has 5 rings (SSSR count). The van der Waals surface area contributed by atoms with Crippen LogP contribution in [0.1, 0.15) is 17.0 Å². The molecule has 1 amide bonds. The smallest absolute Gasteiger partial charge is 0.407 e. The Labute approximate surface area is 229 Å². The second-order valence-electron chi connectivity index (χ2n) is 8.98. The van der Waals surface area contributed by atoms with Gasteiger partial charge in [-0.2, -0.15) is 0 Å². The van der Waals surface area contributed by atoms with Crippen molar-refractivity contribution in [3.8, 4) is 11.1 Å². The lowest BCUT2D eigenvalue weighted by molar-refractivity contribution is -0.139. The molecule has 1 aliphatic heterocycles. The van der Waals surface area contributed by atoms with E-state index in [1.165, 1.54) is 5.69 Å². The predicted molar refractivity (Wildman–Crippen MR) is 149 cm³/mol. The minimum absolute atomic E-state index is 0. The fraction of sp³-hybridized carbons (Fsp3) is 0.286. The van der Waals surface area contributed by atoms with E-state index in [9.17, 15) is 14.7 Å². The van der Waals surface area contributed by atoms with Gasteiger partial charge in [-0.25, -0.2) is 9.59 Å². The van der Waals surface area contributed by atoms with Crippen LogP contribution in [0.2, 0.25) is 0 Å². The van der Waals surface area contributed by atoms with E-state index in [4.69, 9.17) is 4.74 Å². The van der Waals surface area contributed by atoms with Gasteiger partial charge >= 0.3 is 12.1 Å². The van der Waals surface area contributed by atoms with Gasteiger partial charge in [0.15, 0.2) is 0 Å². The summed E-state index contributed by atoms with van der Waals surface area (Å²) < 4.78 is 5.54. The summed E-state index contributed by atoms with van der Waals surface area (Å²) in [5, 5.41) is 12.3. The molecule has 1 fully saturated rings. The predicted octanol–water partition coefficient (Wildman–Crippen LogP) is 4.64. The molecule has 7 nitrogen and oxygen atoms in total. The molecule has 0 aromatic heterocycles. The molecule has 37 heavy (non-hydrogen) atoms. The van der Waals surface area contributed by atoms with Crippen molar-refractivity contribution >= 4 is 42.6 Å². The lowest BCUT2D eigenvalue weighted by Crippen LogP contribution is -2.54. The molecule has 1 saturated heterocycles. The summed E-state index contributed by atoms with van der Waals surface area (Å²) in [6.45, 7) is 3.46. The van der Waals surface area contributed by atoms with Crippen molar-refractivity contribution in [1.29, 1.82) is 0 Å². The van der Waals surface area contributed by atoms with Gasteiger partial charge in [0.2, 0.25) is 0 Å². The third-order valence-electron chi connectivity index (χ3n) is 6.87. The van der Waals surface area contributed by atoms with Crippen molar-refractivity contribution in [2.75, 3.05) is 44.2 Å². The highest BCUT2D eigenvalue weighted by Crippen LogP contribution is 2.44. The number of carbonyl (C=O) groups excluding carboxylic acids is 1. The van der Waals surface area contributed by atoms with Crippen LogP contribution in [0, 0.1) is 0 Å². The fourth-order valence-electron chi connectivity index (χ4n) is 5.05. The lowest BCUT2D eigenvalue weighted by Gasteiger charge is -2.37. The van der Waals surface area contributed by atoms with Crippen molar-refractivity contribution in [1.82, 2.24) is 10.2 Å². The van der Waals surface area contributed by atoms with Crippen LogP contribution < -0.4 is 10.2 Å². The molecule has 0 radical (unpaired) electrons. The van der Waals surface area contributed by atoms with Gasteiger partial charge in [0.1, 0.15) is 12.6 Å². The maximum atomic E-state index is 12.6. The average molecular weight is 544 g/mol. The highest BCUT2D eigenvalue weighted by atomic mass is 35.5. The number of hydrogen-bond donors (Lipinski definition) is 2. The van der Waals surface area contributed by atoms with Crippen LogP contribution in [-0.2, 0) is 9.53 Å². The Morgan fingerprint density at radius 2 is 1.38 bits per heavy atom. The van der Waals surface area contributed by atoms with Crippen molar-refractivity contribution in [3.05, 3.63) is 90.0 Å². The molecule has 1 aliphatic carbocycles. The number of amides is 1. The number of nitrogens with zero attached hydrogens (tertiary/aromatic N) is 2. The van der Waals surface area contributed by atoms with Gasteiger partial charge in [0.25, 0.3) is 0 Å². The van der Waals surface area contributed by atoms with E-state index in [2.05, 4.69) is 51.5 Å². The maximum absolute atomic E-state index is 12.6. The zero-order valence-electron chi connectivity index (χ0n) is 20.3. The number of alkyl carbamates (subject to hydrolysis) is 1. The molecule has 2 N–H and O–H groups in total. The molecule has 0 unspecified atom stereocenters. The molecule has 0 saturated carbocycles. The Morgan fingerprint density at radius 1 is 0.838 bits per heavy atom. The summed E-state index contributed by atoms with van der Waals surface area (Å²) in [6, 6.07) is 25.4. The summed E-state index contributed by atoms with van der Waals surface area (Å²) in [5.74, 6) is -1.13. The largest absolute Gasteiger partial charge is 0.480 e. The number of ether oxygens (including phenoxy) is 1. The minimum atomic E-state index is -1.07. The topological polar surface area (TPSA) is 82.1 Å².